The normalized spacial score (nSPS) is 12.5. The molecular weight excluding hydrogens is 309 g/mol. The minimum atomic E-state index is 0.173. The van der Waals surface area contributed by atoms with E-state index >= 15 is 0 Å². The summed E-state index contributed by atoms with van der Waals surface area (Å²) in [5.74, 6) is 1.27. The summed E-state index contributed by atoms with van der Waals surface area (Å²) in [4.78, 5) is 12.1. The molecule has 0 bridgehead atoms. The standard InChI is InChI=1S/C14H19Cl2N5/c1-7(2)17-13(18-8(3)4)21-14-19-11-5-9(15)10(16)6-12(11)20-14/h5-8H,1-4H3,(H3,17,18,19,20,21). The van der Waals surface area contributed by atoms with Gasteiger partial charge in [-0.15, -0.1) is 0 Å². The van der Waals surface area contributed by atoms with Gasteiger partial charge >= 0.3 is 0 Å². The lowest BCUT2D eigenvalue weighted by Gasteiger charge is -2.14. The lowest BCUT2D eigenvalue weighted by molar-refractivity contribution is 0.717. The molecule has 0 saturated carbocycles. The van der Waals surface area contributed by atoms with Gasteiger partial charge in [0, 0.05) is 12.1 Å². The first-order valence-corrected chi connectivity index (χ1v) is 7.57. The molecule has 21 heavy (non-hydrogen) atoms. The molecule has 114 valence electrons. The third-order valence-electron chi connectivity index (χ3n) is 2.57. The van der Waals surface area contributed by atoms with Crippen molar-refractivity contribution in [3.8, 4) is 0 Å². The molecular formula is C14H19Cl2N5. The number of nitrogens with zero attached hydrogens (tertiary/aromatic N) is 2. The van der Waals surface area contributed by atoms with E-state index in [0.717, 1.165) is 11.0 Å². The van der Waals surface area contributed by atoms with Crippen molar-refractivity contribution in [1.82, 2.24) is 15.3 Å². The number of benzene rings is 1. The van der Waals surface area contributed by atoms with Crippen molar-refractivity contribution < 1.29 is 0 Å². The Hall–Kier alpha value is -1.46. The van der Waals surface area contributed by atoms with Crippen LogP contribution in [-0.2, 0) is 0 Å². The Bertz CT molecular complexity index is 622. The zero-order chi connectivity index (χ0) is 15.6. The van der Waals surface area contributed by atoms with E-state index in [0.29, 0.717) is 22.0 Å². The van der Waals surface area contributed by atoms with Gasteiger partial charge in [0.15, 0.2) is 5.96 Å². The molecule has 0 spiro atoms. The highest BCUT2D eigenvalue weighted by molar-refractivity contribution is 6.42. The molecule has 0 aliphatic carbocycles. The first kappa shape index (κ1) is 15.9. The van der Waals surface area contributed by atoms with Crippen LogP contribution in [0.4, 0.5) is 5.95 Å². The SMILES string of the molecule is CC(C)N=C(Nc1nc2cc(Cl)c(Cl)cc2[nH]1)NC(C)C. The van der Waals surface area contributed by atoms with Gasteiger partial charge in [-0.1, -0.05) is 23.2 Å². The number of aromatic nitrogens is 2. The first-order valence-electron chi connectivity index (χ1n) is 6.81. The molecule has 0 aliphatic rings. The minimum Gasteiger partial charge on any atom is -0.354 e. The van der Waals surface area contributed by atoms with Crippen LogP contribution < -0.4 is 10.6 Å². The number of anilines is 1. The van der Waals surface area contributed by atoms with Crippen LogP contribution in [0.2, 0.25) is 10.0 Å². The summed E-state index contributed by atoms with van der Waals surface area (Å²) in [6.45, 7) is 8.13. The second-order valence-electron chi connectivity index (χ2n) is 5.36. The number of nitrogens with one attached hydrogen (secondary N) is 3. The molecule has 7 heteroatoms. The smallest absolute Gasteiger partial charge is 0.208 e. The highest BCUT2D eigenvalue weighted by Gasteiger charge is 2.09. The number of halogens is 2. The molecule has 1 aromatic carbocycles. The number of hydrogen-bond donors (Lipinski definition) is 3. The first-order chi connectivity index (χ1) is 9.85. The van der Waals surface area contributed by atoms with Gasteiger partial charge in [-0.05, 0) is 39.8 Å². The molecule has 0 saturated heterocycles. The minimum absolute atomic E-state index is 0.173. The molecule has 1 aromatic heterocycles. The summed E-state index contributed by atoms with van der Waals surface area (Å²) in [5, 5.41) is 7.39. The number of imidazole rings is 1. The van der Waals surface area contributed by atoms with E-state index in [-0.39, 0.29) is 12.1 Å². The predicted molar refractivity (Wildman–Crippen MR) is 90.6 cm³/mol. The van der Waals surface area contributed by atoms with Crippen molar-refractivity contribution in [2.45, 2.75) is 39.8 Å². The average Bonchev–Trinajstić information content (AvgIpc) is 2.69. The second-order valence-corrected chi connectivity index (χ2v) is 6.18. The number of fused-ring (bicyclic) bond motifs is 1. The molecule has 0 amide bonds. The molecule has 3 N–H and O–H groups in total. The Balaban J connectivity index is 2.28. The Morgan fingerprint density at radius 2 is 1.86 bits per heavy atom. The largest absolute Gasteiger partial charge is 0.354 e. The van der Waals surface area contributed by atoms with Crippen LogP contribution in [0.3, 0.4) is 0 Å². The number of H-pyrrole nitrogens is 1. The molecule has 5 nitrogen and oxygen atoms in total. The summed E-state index contributed by atoms with van der Waals surface area (Å²) in [6.07, 6.45) is 0. The molecule has 0 fully saturated rings. The van der Waals surface area contributed by atoms with Crippen molar-refractivity contribution >= 4 is 46.1 Å². The Labute approximate surface area is 134 Å². The highest BCUT2D eigenvalue weighted by Crippen LogP contribution is 2.27. The van der Waals surface area contributed by atoms with Crippen LogP contribution in [0.25, 0.3) is 11.0 Å². The van der Waals surface area contributed by atoms with E-state index in [9.17, 15) is 0 Å². The molecule has 1 heterocycles. The van der Waals surface area contributed by atoms with Gasteiger partial charge in [-0.2, -0.15) is 0 Å². The van der Waals surface area contributed by atoms with Gasteiger partial charge in [0.05, 0.1) is 21.1 Å². The molecule has 2 rings (SSSR count). The molecule has 0 unspecified atom stereocenters. The summed E-state index contributed by atoms with van der Waals surface area (Å²) in [7, 11) is 0. The van der Waals surface area contributed by atoms with Crippen molar-refractivity contribution in [2.75, 3.05) is 5.32 Å². The van der Waals surface area contributed by atoms with E-state index in [1.165, 1.54) is 0 Å². The summed E-state index contributed by atoms with van der Waals surface area (Å²) < 4.78 is 0. The zero-order valence-electron chi connectivity index (χ0n) is 12.5. The van der Waals surface area contributed by atoms with Crippen LogP contribution in [0.15, 0.2) is 17.1 Å². The fraction of sp³-hybridized carbons (Fsp3) is 0.429. The summed E-state index contributed by atoms with van der Waals surface area (Å²) in [5.41, 5.74) is 1.57. The van der Waals surface area contributed by atoms with E-state index in [4.69, 9.17) is 23.2 Å². The number of hydrogen-bond acceptors (Lipinski definition) is 2. The van der Waals surface area contributed by atoms with E-state index < -0.39 is 0 Å². The third-order valence-corrected chi connectivity index (χ3v) is 3.30. The van der Waals surface area contributed by atoms with Crippen molar-refractivity contribution in [3.05, 3.63) is 22.2 Å². The Morgan fingerprint density at radius 1 is 1.19 bits per heavy atom. The monoisotopic (exact) mass is 327 g/mol. The molecule has 0 aliphatic heterocycles. The maximum absolute atomic E-state index is 6.00. The van der Waals surface area contributed by atoms with Crippen LogP contribution >= 0.6 is 23.2 Å². The van der Waals surface area contributed by atoms with Crippen LogP contribution in [0.5, 0.6) is 0 Å². The van der Waals surface area contributed by atoms with Crippen LogP contribution in [-0.4, -0.2) is 28.0 Å². The Morgan fingerprint density at radius 3 is 2.48 bits per heavy atom. The van der Waals surface area contributed by atoms with Crippen molar-refractivity contribution in [1.29, 1.82) is 0 Å². The predicted octanol–water partition coefficient (Wildman–Crippen LogP) is 4.04. The summed E-state index contributed by atoms with van der Waals surface area (Å²) in [6, 6.07) is 3.93. The van der Waals surface area contributed by atoms with Gasteiger partial charge in [-0.3, -0.25) is 10.3 Å². The van der Waals surface area contributed by atoms with E-state index in [2.05, 4.69) is 39.4 Å². The third kappa shape index (κ3) is 4.25. The number of aromatic amines is 1. The maximum Gasteiger partial charge on any atom is 0.208 e. The molecule has 0 atom stereocenters. The van der Waals surface area contributed by atoms with E-state index in [1.807, 2.05) is 13.8 Å². The topological polar surface area (TPSA) is 65.1 Å². The van der Waals surface area contributed by atoms with Crippen LogP contribution in [0.1, 0.15) is 27.7 Å². The summed E-state index contributed by atoms with van der Waals surface area (Å²) >= 11 is 12.0. The van der Waals surface area contributed by atoms with Gasteiger partial charge in [0.25, 0.3) is 0 Å². The van der Waals surface area contributed by atoms with Gasteiger partial charge < -0.3 is 10.3 Å². The molecule has 2 aromatic rings. The highest BCUT2D eigenvalue weighted by atomic mass is 35.5. The quantitative estimate of drug-likeness (QED) is 0.588. The average molecular weight is 328 g/mol. The van der Waals surface area contributed by atoms with Gasteiger partial charge in [-0.25, -0.2) is 4.98 Å². The maximum atomic E-state index is 6.00. The van der Waals surface area contributed by atoms with Gasteiger partial charge in [0.1, 0.15) is 0 Å². The number of guanidine groups is 1. The fourth-order valence-electron chi connectivity index (χ4n) is 1.81. The lowest BCUT2D eigenvalue weighted by atomic mass is 10.3. The Kier molecular flexibility index (Phi) is 4.96. The molecule has 0 radical (unpaired) electrons. The lowest BCUT2D eigenvalue weighted by Crippen LogP contribution is -2.36. The second kappa shape index (κ2) is 6.54. The van der Waals surface area contributed by atoms with Crippen LogP contribution in [0, 0.1) is 0 Å². The number of aliphatic imine (C=N–C) groups is 1. The van der Waals surface area contributed by atoms with Crippen molar-refractivity contribution in [3.63, 3.8) is 0 Å². The number of rotatable bonds is 3. The zero-order valence-corrected chi connectivity index (χ0v) is 14.0. The van der Waals surface area contributed by atoms with E-state index in [1.54, 1.807) is 12.1 Å². The van der Waals surface area contributed by atoms with Crippen molar-refractivity contribution in [2.24, 2.45) is 4.99 Å². The fourth-order valence-corrected chi connectivity index (χ4v) is 2.14. The van der Waals surface area contributed by atoms with Gasteiger partial charge in [0.2, 0.25) is 5.95 Å².